The summed E-state index contributed by atoms with van der Waals surface area (Å²) in [5, 5.41) is 9.15. The minimum absolute atomic E-state index is 0.223. The highest BCUT2D eigenvalue weighted by Crippen LogP contribution is 2.36. The molecule has 0 radical (unpaired) electrons. The van der Waals surface area contributed by atoms with Crippen LogP contribution in [0.1, 0.15) is 17.0 Å². The highest BCUT2D eigenvalue weighted by molar-refractivity contribution is 5.83. The van der Waals surface area contributed by atoms with Gasteiger partial charge < -0.3 is 14.0 Å². The third-order valence-electron chi connectivity index (χ3n) is 4.00. The van der Waals surface area contributed by atoms with Crippen LogP contribution in [0.25, 0.3) is 23.2 Å². The van der Waals surface area contributed by atoms with Crippen LogP contribution in [0.3, 0.4) is 0 Å². The van der Waals surface area contributed by atoms with Crippen LogP contribution in [-0.4, -0.2) is 16.3 Å². The van der Waals surface area contributed by atoms with Crippen molar-refractivity contribution < 1.29 is 9.47 Å². The number of imidazole rings is 1. The molecule has 0 fully saturated rings. The first-order chi connectivity index (χ1) is 11.7. The summed E-state index contributed by atoms with van der Waals surface area (Å²) in [5.74, 6) is 2.12. The summed E-state index contributed by atoms with van der Waals surface area (Å²) in [6, 6.07) is 14.2. The molecule has 0 saturated heterocycles. The number of aryl methyl sites for hydroxylation is 1. The fourth-order valence-corrected chi connectivity index (χ4v) is 2.75. The molecule has 4 rings (SSSR count). The van der Waals surface area contributed by atoms with Gasteiger partial charge in [0, 0.05) is 12.1 Å². The van der Waals surface area contributed by atoms with Gasteiger partial charge in [0.1, 0.15) is 12.4 Å². The van der Waals surface area contributed by atoms with E-state index in [9.17, 15) is 0 Å². The number of fused-ring (bicyclic) bond motifs is 2. The zero-order valence-corrected chi connectivity index (χ0v) is 13.2. The Balaban J connectivity index is 1.78. The normalized spacial score (nSPS) is 12.8. The van der Waals surface area contributed by atoms with Gasteiger partial charge in [-0.3, -0.25) is 0 Å². The second-order valence-corrected chi connectivity index (χ2v) is 5.65. The van der Waals surface area contributed by atoms with Crippen molar-refractivity contribution in [3.63, 3.8) is 0 Å². The van der Waals surface area contributed by atoms with Crippen molar-refractivity contribution in [2.75, 3.05) is 6.79 Å². The molecule has 0 N–H and O–H groups in total. The fourth-order valence-electron chi connectivity index (χ4n) is 2.75. The van der Waals surface area contributed by atoms with Crippen LogP contribution in [0.15, 0.2) is 36.4 Å². The van der Waals surface area contributed by atoms with E-state index in [2.05, 4.69) is 42.2 Å². The minimum atomic E-state index is 0.223. The first kappa shape index (κ1) is 14.3. The summed E-state index contributed by atoms with van der Waals surface area (Å²) in [6.07, 6.45) is 3.92. The largest absolute Gasteiger partial charge is 0.454 e. The molecule has 3 aromatic rings. The monoisotopic (exact) mass is 317 g/mol. The van der Waals surface area contributed by atoms with Crippen LogP contribution in [-0.2, 0) is 6.54 Å². The van der Waals surface area contributed by atoms with Gasteiger partial charge in [-0.05, 0) is 18.6 Å². The number of rotatable bonds is 3. The molecular weight excluding hydrogens is 302 g/mol. The predicted molar refractivity (Wildman–Crippen MR) is 91.6 cm³/mol. The number of hydrogen-bond donors (Lipinski definition) is 0. The van der Waals surface area contributed by atoms with E-state index >= 15 is 0 Å². The molecule has 0 unspecified atom stereocenters. The van der Waals surface area contributed by atoms with Crippen LogP contribution in [0.5, 0.6) is 11.5 Å². The third-order valence-corrected chi connectivity index (χ3v) is 4.00. The molecule has 0 atom stereocenters. The van der Waals surface area contributed by atoms with Crippen LogP contribution in [0, 0.1) is 18.3 Å². The van der Waals surface area contributed by atoms with Crippen molar-refractivity contribution in [1.82, 2.24) is 9.55 Å². The Morgan fingerprint density at radius 3 is 2.67 bits per heavy atom. The molecule has 0 saturated carbocycles. The van der Waals surface area contributed by atoms with Gasteiger partial charge in [0.05, 0.1) is 17.1 Å². The van der Waals surface area contributed by atoms with Gasteiger partial charge in [-0.2, -0.15) is 5.26 Å². The Morgan fingerprint density at radius 1 is 1.17 bits per heavy atom. The average Bonchev–Trinajstić information content (AvgIpc) is 3.17. The van der Waals surface area contributed by atoms with Crippen molar-refractivity contribution in [2.24, 2.45) is 0 Å². The summed E-state index contributed by atoms with van der Waals surface area (Å²) in [5.41, 5.74) is 3.96. The maximum Gasteiger partial charge on any atom is 0.231 e. The summed E-state index contributed by atoms with van der Waals surface area (Å²) >= 11 is 0. The zero-order chi connectivity index (χ0) is 16.5. The van der Waals surface area contributed by atoms with Gasteiger partial charge in [-0.15, -0.1) is 0 Å². The lowest BCUT2D eigenvalue weighted by Gasteiger charge is -2.02. The van der Waals surface area contributed by atoms with Gasteiger partial charge >= 0.3 is 0 Å². The molecule has 0 amide bonds. The van der Waals surface area contributed by atoms with Crippen molar-refractivity contribution >= 4 is 23.2 Å². The molecular formula is C19H15N3O2. The molecule has 1 aromatic heterocycles. The van der Waals surface area contributed by atoms with Gasteiger partial charge in [-0.25, -0.2) is 4.98 Å². The lowest BCUT2D eigenvalue weighted by molar-refractivity contribution is 0.174. The van der Waals surface area contributed by atoms with Crippen molar-refractivity contribution in [3.8, 4) is 17.6 Å². The van der Waals surface area contributed by atoms with Crippen LogP contribution >= 0.6 is 0 Å². The van der Waals surface area contributed by atoms with E-state index in [4.69, 9.17) is 14.7 Å². The maximum atomic E-state index is 9.15. The number of nitriles is 1. The van der Waals surface area contributed by atoms with E-state index in [-0.39, 0.29) is 13.3 Å². The Bertz CT molecular complexity index is 978. The summed E-state index contributed by atoms with van der Waals surface area (Å²) in [7, 11) is 0. The Kier molecular flexibility index (Phi) is 3.43. The van der Waals surface area contributed by atoms with E-state index in [1.165, 1.54) is 5.56 Å². The minimum Gasteiger partial charge on any atom is -0.454 e. The van der Waals surface area contributed by atoms with E-state index in [1.54, 1.807) is 0 Å². The second kappa shape index (κ2) is 5.74. The fraction of sp³-hybridized carbons (Fsp3) is 0.158. The number of nitrogens with zero attached hydrogens (tertiary/aromatic N) is 3. The highest BCUT2D eigenvalue weighted by Gasteiger charge is 2.18. The molecule has 2 heterocycles. The molecule has 1 aliphatic rings. The summed E-state index contributed by atoms with van der Waals surface area (Å²) < 4.78 is 12.7. The van der Waals surface area contributed by atoms with Crippen molar-refractivity contribution in [2.45, 2.75) is 13.5 Å². The molecule has 5 heteroatoms. The average molecular weight is 317 g/mol. The zero-order valence-electron chi connectivity index (χ0n) is 13.2. The lowest BCUT2D eigenvalue weighted by atomic mass is 10.1. The second-order valence-electron chi connectivity index (χ2n) is 5.65. The van der Waals surface area contributed by atoms with Gasteiger partial charge in [-0.1, -0.05) is 35.9 Å². The first-order valence-corrected chi connectivity index (χ1v) is 7.66. The Hall–Kier alpha value is -3.26. The first-order valence-electron chi connectivity index (χ1n) is 7.66. The topological polar surface area (TPSA) is 60.1 Å². The molecule has 1 aliphatic heterocycles. The van der Waals surface area contributed by atoms with Crippen molar-refractivity contribution in [3.05, 3.63) is 53.3 Å². The molecule has 24 heavy (non-hydrogen) atoms. The standard InChI is InChI=1S/C19H15N3O2/c1-13-2-4-14(5-3-13)6-7-19-21-15-10-17-18(24-12-23-17)11-16(15)22(19)9-8-20/h2-7,10-11H,9,12H2,1H3/b7-6+. The lowest BCUT2D eigenvalue weighted by Crippen LogP contribution is -1.98. The van der Waals surface area contributed by atoms with Gasteiger partial charge in [0.25, 0.3) is 0 Å². The number of ether oxygens (including phenoxy) is 2. The highest BCUT2D eigenvalue weighted by atomic mass is 16.7. The third kappa shape index (κ3) is 2.48. The molecule has 5 nitrogen and oxygen atoms in total. The quantitative estimate of drug-likeness (QED) is 0.738. The van der Waals surface area contributed by atoms with E-state index in [0.717, 1.165) is 22.4 Å². The van der Waals surface area contributed by atoms with Crippen LogP contribution in [0.2, 0.25) is 0 Å². The number of benzene rings is 2. The van der Waals surface area contributed by atoms with Gasteiger partial charge in [0.15, 0.2) is 11.5 Å². The molecule has 118 valence electrons. The summed E-state index contributed by atoms with van der Waals surface area (Å²) in [6.45, 7) is 2.51. The van der Waals surface area contributed by atoms with Crippen LogP contribution in [0.4, 0.5) is 0 Å². The van der Waals surface area contributed by atoms with E-state index in [0.29, 0.717) is 11.5 Å². The van der Waals surface area contributed by atoms with Gasteiger partial charge in [0.2, 0.25) is 6.79 Å². The molecule has 0 bridgehead atoms. The molecule has 0 spiro atoms. The van der Waals surface area contributed by atoms with E-state index < -0.39 is 0 Å². The Labute approximate surface area is 139 Å². The molecule has 2 aromatic carbocycles. The SMILES string of the molecule is Cc1ccc(/C=C/c2nc3cc4c(cc3n2CC#N)OCO4)cc1. The number of hydrogen-bond acceptors (Lipinski definition) is 4. The predicted octanol–water partition coefficient (Wildman–Crippen LogP) is 3.77. The Morgan fingerprint density at radius 2 is 1.92 bits per heavy atom. The van der Waals surface area contributed by atoms with Crippen LogP contribution < -0.4 is 9.47 Å². The summed E-state index contributed by atoms with van der Waals surface area (Å²) in [4.78, 5) is 4.63. The maximum absolute atomic E-state index is 9.15. The van der Waals surface area contributed by atoms with E-state index in [1.807, 2.05) is 28.9 Å². The number of aromatic nitrogens is 2. The molecule has 0 aliphatic carbocycles. The smallest absolute Gasteiger partial charge is 0.231 e. The van der Waals surface area contributed by atoms with Crippen molar-refractivity contribution in [1.29, 1.82) is 5.26 Å².